The Balaban J connectivity index is 1.91. The molecule has 0 atom stereocenters. The average molecular weight is 357 g/mol. The molecule has 0 amide bonds. The minimum atomic E-state index is 0.543. The van der Waals surface area contributed by atoms with Crippen molar-refractivity contribution in [2.75, 3.05) is 6.61 Å². The van der Waals surface area contributed by atoms with E-state index >= 15 is 0 Å². The summed E-state index contributed by atoms with van der Waals surface area (Å²) in [6, 6.07) is 10.1. The van der Waals surface area contributed by atoms with Gasteiger partial charge in [-0.2, -0.15) is 0 Å². The van der Waals surface area contributed by atoms with E-state index in [9.17, 15) is 0 Å². The van der Waals surface area contributed by atoms with Crippen LogP contribution >= 0.6 is 15.9 Å². The number of imidazole rings is 1. The van der Waals surface area contributed by atoms with Crippen LogP contribution in [-0.4, -0.2) is 16.0 Å². The highest BCUT2D eigenvalue weighted by Crippen LogP contribution is 2.25. The Morgan fingerprint density at radius 1 is 1.27 bits per heavy atom. The lowest BCUT2D eigenvalue weighted by Gasteiger charge is -2.05. The second-order valence-corrected chi connectivity index (χ2v) is 6.38. The molecule has 3 nitrogen and oxygen atoms in total. The zero-order chi connectivity index (χ0) is 15.7. The number of pyridine rings is 1. The van der Waals surface area contributed by atoms with Gasteiger partial charge in [0.1, 0.15) is 18.0 Å². The molecule has 0 spiro atoms. The topological polar surface area (TPSA) is 26.5 Å². The number of aryl methyl sites for hydroxylation is 1. The minimum absolute atomic E-state index is 0.543. The molecule has 0 aliphatic rings. The van der Waals surface area contributed by atoms with Gasteiger partial charge < -0.3 is 9.14 Å². The summed E-state index contributed by atoms with van der Waals surface area (Å²) in [5.41, 5.74) is 5.14. The summed E-state index contributed by atoms with van der Waals surface area (Å²) in [5, 5.41) is 0. The van der Waals surface area contributed by atoms with Crippen LogP contribution in [-0.2, 0) is 0 Å². The lowest BCUT2D eigenvalue weighted by molar-refractivity contribution is 0.353. The molecule has 3 aromatic rings. The molecule has 2 heterocycles. The van der Waals surface area contributed by atoms with E-state index in [1.54, 1.807) is 0 Å². The Labute approximate surface area is 138 Å². The maximum Gasteiger partial charge on any atom is 0.140 e. The number of fused-ring (bicyclic) bond motifs is 1. The molecule has 0 N–H and O–H groups in total. The predicted molar refractivity (Wildman–Crippen MR) is 93.4 cm³/mol. The van der Waals surface area contributed by atoms with Crippen molar-refractivity contribution >= 4 is 21.6 Å². The number of hydrogen-bond acceptors (Lipinski definition) is 2. The van der Waals surface area contributed by atoms with Crippen LogP contribution in [0, 0.1) is 6.92 Å². The van der Waals surface area contributed by atoms with Gasteiger partial charge in [0.25, 0.3) is 0 Å². The molecule has 0 aliphatic carbocycles. The van der Waals surface area contributed by atoms with Gasteiger partial charge in [0.05, 0.1) is 5.69 Å². The largest absolute Gasteiger partial charge is 0.489 e. The normalized spacial score (nSPS) is 10.9. The minimum Gasteiger partial charge on any atom is -0.489 e. The third kappa shape index (κ3) is 3.07. The zero-order valence-corrected chi connectivity index (χ0v) is 14.2. The van der Waals surface area contributed by atoms with Gasteiger partial charge in [0.2, 0.25) is 0 Å². The maximum atomic E-state index is 5.62. The molecule has 0 aliphatic heterocycles. The maximum absolute atomic E-state index is 5.62. The number of hydrogen-bond donors (Lipinski definition) is 0. The predicted octanol–water partition coefficient (Wildman–Crippen LogP) is 5.03. The SMILES string of the molecule is C=C(C)COc1ccc(-c2cn3cc(Br)cc(C)c3n2)cc1. The van der Waals surface area contributed by atoms with Crippen molar-refractivity contribution < 1.29 is 4.74 Å². The molecule has 0 fully saturated rings. The molecular weight excluding hydrogens is 340 g/mol. The Bertz CT molecular complexity index is 834. The molecular formula is C18H17BrN2O. The highest BCUT2D eigenvalue weighted by Gasteiger charge is 2.07. The van der Waals surface area contributed by atoms with E-state index in [1.165, 1.54) is 0 Å². The molecule has 0 bridgehead atoms. The number of halogens is 1. The van der Waals surface area contributed by atoms with Crippen LogP contribution in [0.15, 0.2) is 59.4 Å². The van der Waals surface area contributed by atoms with Crippen molar-refractivity contribution in [2.24, 2.45) is 0 Å². The van der Waals surface area contributed by atoms with Crippen LogP contribution in [0.4, 0.5) is 0 Å². The number of aromatic nitrogens is 2. The van der Waals surface area contributed by atoms with E-state index in [1.807, 2.05) is 48.0 Å². The third-order valence-electron chi connectivity index (χ3n) is 3.34. The van der Waals surface area contributed by atoms with Gasteiger partial charge in [0.15, 0.2) is 0 Å². The molecule has 0 unspecified atom stereocenters. The molecule has 22 heavy (non-hydrogen) atoms. The van der Waals surface area contributed by atoms with Crippen molar-refractivity contribution in [3.05, 3.63) is 64.9 Å². The van der Waals surface area contributed by atoms with Crippen LogP contribution in [0.2, 0.25) is 0 Å². The van der Waals surface area contributed by atoms with E-state index in [0.717, 1.165) is 38.3 Å². The third-order valence-corrected chi connectivity index (χ3v) is 3.77. The molecule has 4 heteroatoms. The van der Waals surface area contributed by atoms with E-state index in [0.29, 0.717) is 6.61 Å². The first kappa shape index (κ1) is 14.9. The van der Waals surface area contributed by atoms with Crippen molar-refractivity contribution in [3.8, 4) is 17.0 Å². The molecule has 112 valence electrons. The molecule has 2 aromatic heterocycles. The quantitative estimate of drug-likeness (QED) is 0.613. The Kier molecular flexibility index (Phi) is 4.03. The Morgan fingerprint density at radius 2 is 2.00 bits per heavy atom. The number of rotatable bonds is 4. The smallest absolute Gasteiger partial charge is 0.140 e. The van der Waals surface area contributed by atoms with E-state index < -0.39 is 0 Å². The summed E-state index contributed by atoms with van der Waals surface area (Å²) in [6.45, 7) is 8.39. The lowest BCUT2D eigenvalue weighted by Crippen LogP contribution is -1.97. The summed E-state index contributed by atoms with van der Waals surface area (Å²) in [7, 11) is 0. The number of ether oxygens (including phenoxy) is 1. The first-order valence-electron chi connectivity index (χ1n) is 7.05. The highest BCUT2D eigenvalue weighted by molar-refractivity contribution is 9.10. The lowest BCUT2D eigenvalue weighted by atomic mass is 10.1. The van der Waals surface area contributed by atoms with Crippen molar-refractivity contribution in [2.45, 2.75) is 13.8 Å². The molecule has 1 aromatic carbocycles. The molecule has 0 saturated carbocycles. The van der Waals surface area contributed by atoms with Gasteiger partial charge in [-0.05, 0) is 71.2 Å². The van der Waals surface area contributed by atoms with Crippen LogP contribution in [0.3, 0.4) is 0 Å². The van der Waals surface area contributed by atoms with E-state index in [-0.39, 0.29) is 0 Å². The zero-order valence-electron chi connectivity index (χ0n) is 12.6. The van der Waals surface area contributed by atoms with Crippen LogP contribution in [0.5, 0.6) is 5.75 Å². The average Bonchev–Trinajstić information content (AvgIpc) is 2.90. The van der Waals surface area contributed by atoms with Crippen molar-refractivity contribution in [1.29, 1.82) is 0 Å². The monoisotopic (exact) mass is 356 g/mol. The van der Waals surface area contributed by atoms with Crippen molar-refractivity contribution in [1.82, 2.24) is 9.38 Å². The first-order valence-corrected chi connectivity index (χ1v) is 7.85. The van der Waals surface area contributed by atoms with Crippen molar-refractivity contribution in [3.63, 3.8) is 0 Å². The van der Waals surface area contributed by atoms with E-state index in [2.05, 4.69) is 35.5 Å². The summed E-state index contributed by atoms with van der Waals surface area (Å²) in [4.78, 5) is 4.71. The van der Waals surface area contributed by atoms with Crippen LogP contribution in [0.1, 0.15) is 12.5 Å². The van der Waals surface area contributed by atoms with Crippen LogP contribution < -0.4 is 4.74 Å². The number of nitrogens with zero attached hydrogens (tertiary/aromatic N) is 2. The fourth-order valence-corrected chi connectivity index (χ4v) is 2.86. The van der Waals surface area contributed by atoms with Gasteiger partial charge in [-0.15, -0.1) is 0 Å². The standard InChI is InChI=1S/C18H17BrN2O/c1-12(2)11-22-16-6-4-14(5-7-16)17-10-21-9-15(19)8-13(3)18(21)20-17/h4-10H,1,11H2,2-3H3. The molecule has 0 saturated heterocycles. The first-order chi connectivity index (χ1) is 10.5. The van der Waals surface area contributed by atoms with Gasteiger partial charge in [-0.3, -0.25) is 0 Å². The van der Waals surface area contributed by atoms with Gasteiger partial charge >= 0.3 is 0 Å². The summed E-state index contributed by atoms with van der Waals surface area (Å²) < 4.78 is 8.71. The van der Waals surface area contributed by atoms with E-state index in [4.69, 9.17) is 9.72 Å². The van der Waals surface area contributed by atoms with Crippen LogP contribution in [0.25, 0.3) is 16.9 Å². The fraction of sp³-hybridized carbons (Fsp3) is 0.167. The van der Waals surface area contributed by atoms with Gasteiger partial charge in [-0.1, -0.05) is 6.58 Å². The van der Waals surface area contributed by atoms with Gasteiger partial charge in [-0.25, -0.2) is 4.98 Å². The second kappa shape index (κ2) is 5.97. The second-order valence-electron chi connectivity index (χ2n) is 5.47. The summed E-state index contributed by atoms with van der Waals surface area (Å²) in [6.07, 6.45) is 4.06. The molecule has 0 radical (unpaired) electrons. The summed E-state index contributed by atoms with van der Waals surface area (Å²) >= 11 is 3.51. The Morgan fingerprint density at radius 3 is 2.68 bits per heavy atom. The fourth-order valence-electron chi connectivity index (χ4n) is 2.29. The number of benzene rings is 1. The highest BCUT2D eigenvalue weighted by atomic mass is 79.9. The molecule has 3 rings (SSSR count). The Hall–Kier alpha value is -2.07. The summed E-state index contributed by atoms with van der Waals surface area (Å²) in [5.74, 6) is 0.842. The van der Waals surface area contributed by atoms with Gasteiger partial charge in [0, 0.05) is 22.4 Å².